The summed E-state index contributed by atoms with van der Waals surface area (Å²) in [6.07, 6.45) is -10.3. The monoisotopic (exact) mass is 1170 g/mol. The molecule has 428 valence electrons. The van der Waals surface area contributed by atoms with Crippen LogP contribution >= 0.6 is 23.2 Å². The largest absolute Gasteiger partial charge is 0.370 e. The number of hydrogen-bond acceptors (Lipinski definition) is 14. The van der Waals surface area contributed by atoms with Crippen LogP contribution < -0.4 is 81.4 Å². The Bertz CT molecular complexity index is 3570. The van der Waals surface area contributed by atoms with Crippen molar-refractivity contribution in [2.75, 3.05) is 4.90 Å². The van der Waals surface area contributed by atoms with E-state index in [1.54, 1.807) is 72.8 Å². The summed E-state index contributed by atoms with van der Waals surface area (Å²) in [7, 11) is 0. The molecular formula is C53H55Cl2N21O7. The molecule has 0 aliphatic rings. The fourth-order valence-corrected chi connectivity index (χ4v) is 8.57. The summed E-state index contributed by atoms with van der Waals surface area (Å²) in [6, 6.07) is 38.4. The van der Waals surface area contributed by atoms with Crippen molar-refractivity contribution in [3.05, 3.63) is 161 Å². The van der Waals surface area contributed by atoms with Gasteiger partial charge < -0.3 is 86.5 Å². The Kier molecular flexibility index (Phi) is 19.4. The van der Waals surface area contributed by atoms with E-state index in [-0.39, 0.29) is 18.1 Å². The summed E-state index contributed by atoms with van der Waals surface area (Å²) in [5.41, 5.74) is 29.9. The zero-order valence-electron chi connectivity index (χ0n) is 43.3. The van der Waals surface area contributed by atoms with Gasteiger partial charge in [-0.05, 0) is 69.1 Å². The minimum Gasteiger partial charge on any atom is -0.370 e. The zero-order valence-corrected chi connectivity index (χ0v) is 44.8. The average molecular weight is 1170 g/mol. The molecule has 0 aliphatic heterocycles. The molecule has 0 saturated carbocycles. The lowest BCUT2D eigenvalue weighted by Gasteiger charge is -2.30. The molecule has 83 heavy (non-hydrogen) atoms. The Morgan fingerprint density at radius 2 is 0.880 bits per heavy atom. The summed E-state index contributed by atoms with van der Waals surface area (Å²) in [4.78, 5) is 93.8. The number of rotatable bonds is 22. The SMILES string of the molecule is N=C(N)NC(NC(=O)C(NC(=N)N)NC(=O)C(NC(=N)N)NC(=O)C(NC(=N)N)NC(=O)C(NC(=O)C(O)N(Cc1cc2ccccc2c2ccccc12)c1nc(-c2ccc(Cl)cc2)cc(-c2ccc(Cl)cc2)n1)c1ccccc1)C(N)=O. The van der Waals surface area contributed by atoms with Crippen LogP contribution in [-0.4, -0.2) is 105 Å². The van der Waals surface area contributed by atoms with Crippen LogP contribution in [0.4, 0.5) is 5.95 Å². The highest BCUT2D eigenvalue weighted by atomic mass is 35.5. The Morgan fingerprint density at radius 1 is 0.470 bits per heavy atom. The Morgan fingerprint density at radius 3 is 1.35 bits per heavy atom. The molecule has 7 aromatic rings. The summed E-state index contributed by atoms with van der Waals surface area (Å²) >= 11 is 12.6. The van der Waals surface area contributed by atoms with E-state index in [9.17, 15) is 33.9 Å². The number of anilines is 1. The highest BCUT2D eigenvalue weighted by molar-refractivity contribution is 6.31. The molecule has 1 aromatic heterocycles. The lowest BCUT2D eigenvalue weighted by molar-refractivity contribution is -0.136. The van der Waals surface area contributed by atoms with Gasteiger partial charge in [0.25, 0.3) is 29.5 Å². The van der Waals surface area contributed by atoms with Gasteiger partial charge in [-0.2, -0.15) is 0 Å². The van der Waals surface area contributed by atoms with Crippen molar-refractivity contribution in [3.8, 4) is 22.5 Å². The summed E-state index contributed by atoms with van der Waals surface area (Å²) in [6.45, 7) is -0.207. The smallest absolute Gasteiger partial charge is 0.271 e. The van der Waals surface area contributed by atoms with Gasteiger partial charge in [0.05, 0.1) is 11.4 Å². The molecule has 24 N–H and O–H groups in total. The molecule has 6 unspecified atom stereocenters. The van der Waals surface area contributed by atoms with Crippen LogP contribution in [0, 0.1) is 21.6 Å². The number of nitrogens with one attached hydrogen (secondary N) is 13. The summed E-state index contributed by atoms with van der Waals surface area (Å²) in [5, 5.41) is 67.6. The standard InChI is InChI=1S/C53H55Cl2N21O7/c54-30-18-14-25(15-19-30)35-23-36(26-16-20-31(55)21-17-26)66-53(65-35)76(24-29-22-28-10-4-5-11-32(28)34-13-7-6-12-33(29)34)48(83)47(82)67-37(27-8-2-1-3-9-27)43(78)69-40(73-50(59)60)45(80)71-42(75-52(63)64)46(81)70-41(74-51(61)62)44(79)68-39(38(56)77)72-49(57)58/h1-23,37,39-42,48,83H,24H2,(H2,56,77)(H,67,82)(H,68,79)(H,69,78)(H,70,81)(H,71,80)(H4,57,58,72)(H4,59,60,73)(H4,61,62,74)(H4,63,64,75). The van der Waals surface area contributed by atoms with Gasteiger partial charge in [-0.3, -0.25) is 50.4 Å². The molecule has 0 aliphatic carbocycles. The second-order valence-corrected chi connectivity index (χ2v) is 18.9. The molecule has 28 nitrogen and oxygen atoms in total. The van der Waals surface area contributed by atoms with Crippen molar-refractivity contribution >= 4 is 110 Å². The minimum atomic E-state index is -2.19. The molecule has 30 heteroatoms. The minimum absolute atomic E-state index is 0.112. The normalized spacial score (nSPS) is 13.0. The Hall–Kier alpha value is -10.8. The number of halogens is 2. The van der Waals surface area contributed by atoms with Gasteiger partial charge in [0.1, 0.15) is 6.04 Å². The van der Waals surface area contributed by atoms with Crippen LogP contribution in [0.5, 0.6) is 0 Å². The van der Waals surface area contributed by atoms with E-state index in [0.29, 0.717) is 38.1 Å². The number of fused-ring (bicyclic) bond motifs is 3. The first kappa shape index (κ1) is 59.8. The number of primary amides is 1. The maximum atomic E-state index is 15.0. The lowest BCUT2D eigenvalue weighted by Crippen LogP contribution is -2.68. The number of amides is 6. The van der Waals surface area contributed by atoms with Gasteiger partial charge in [-0.1, -0.05) is 126 Å². The molecule has 6 aromatic carbocycles. The zero-order chi connectivity index (χ0) is 60.1. The van der Waals surface area contributed by atoms with Crippen LogP contribution in [0.1, 0.15) is 17.2 Å². The van der Waals surface area contributed by atoms with E-state index in [1.165, 1.54) is 17.0 Å². The van der Waals surface area contributed by atoms with Crippen LogP contribution in [0.2, 0.25) is 10.0 Å². The topological polar surface area (TPSA) is 485 Å². The number of aromatic nitrogens is 2. The quantitative estimate of drug-likeness (QED) is 0.0181. The van der Waals surface area contributed by atoms with Crippen molar-refractivity contribution in [1.29, 1.82) is 21.6 Å². The average Bonchev–Trinajstić information content (AvgIpc) is 2.93. The molecule has 7 rings (SSSR count). The maximum absolute atomic E-state index is 15.0. The van der Waals surface area contributed by atoms with Crippen molar-refractivity contribution in [2.45, 2.75) is 43.5 Å². The molecule has 6 atom stereocenters. The Labute approximate surface area is 481 Å². The number of carbonyl (C=O) groups excluding carboxylic acids is 6. The highest BCUT2D eigenvalue weighted by Gasteiger charge is 2.36. The van der Waals surface area contributed by atoms with Crippen molar-refractivity contribution in [3.63, 3.8) is 0 Å². The second kappa shape index (κ2) is 26.9. The maximum Gasteiger partial charge on any atom is 0.271 e. The molecule has 0 bridgehead atoms. The molecule has 0 radical (unpaired) electrons. The van der Waals surface area contributed by atoms with Gasteiger partial charge in [0.15, 0.2) is 48.5 Å². The van der Waals surface area contributed by atoms with Gasteiger partial charge in [0.2, 0.25) is 18.1 Å². The van der Waals surface area contributed by atoms with Gasteiger partial charge in [-0.25, -0.2) is 9.97 Å². The molecule has 1 heterocycles. The Balaban J connectivity index is 1.23. The fraction of sp³-hybridized carbons (Fsp3) is 0.132. The lowest BCUT2D eigenvalue weighted by atomic mass is 9.97. The number of aliphatic hydroxyl groups excluding tert-OH is 1. The molecular weight excluding hydrogens is 1110 g/mol. The van der Waals surface area contributed by atoms with E-state index in [2.05, 4.69) is 42.5 Å². The number of benzene rings is 6. The fourth-order valence-electron chi connectivity index (χ4n) is 8.32. The third-order valence-electron chi connectivity index (χ3n) is 12.1. The van der Waals surface area contributed by atoms with Crippen LogP contribution in [-0.2, 0) is 35.3 Å². The number of nitrogens with two attached hydrogens (primary N) is 5. The predicted octanol–water partition coefficient (Wildman–Crippen LogP) is -0.207. The van der Waals surface area contributed by atoms with Crippen LogP contribution in [0.3, 0.4) is 0 Å². The van der Waals surface area contributed by atoms with E-state index in [1.807, 2.05) is 59.9 Å². The van der Waals surface area contributed by atoms with Gasteiger partial charge >= 0.3 is 0 Å². The highest BCUT2D eigenvalue weighted by Crippen LogP contribution is 2.33. The first-order valence-electron chi connectivity index (χ1n) is 24.6. The first-order chi connectivity index (χ1) is 39.5. The summed E-state index contributed by atoms with van der Waals surface area (Å²) in [5.74, 6) is -11.2. The van der Waals surface area contributed by atoms with E-state index in [0.717, 1.165) is 21.5 Å². The van der Waals surface area contributed by atoms with Gasteiger partial charge in [-0.15, -0.1) is 0 Å². The van der Waals surface area contributed by atoms with Crippen molar-refractivity contribution in [1.82, 2.24) is 57.8 Å². The number of nitrogens with zero attached hydrogens (tertiary/aromatic N) is 3. The number of hydrogen-bond donors (Lipinski definition) is 19. The second-order valence-electron chi connectivity index (χ2n) is 18.0. The number of aliphatic hydroxyl groups is 1. The van der Waals surface area contributed by atoms with Crippen molar-refractivity contribution < 1.29 is 33.9 Å². The van der Waals surface area contributed by atoms with Gasteiger partial charge in [0, 0.05) is 27.7 Å². The van der Waals surface area contributed by atoms with E-state index in [4.69, 9.17) is 83.5 Å². The molecule has 6 amide bonds. The van der Waals surface area contributed by atoms with Crippen LogP contribution in [0.25, 0.3) is 44.1 Å². The third-order valence-corrected chi connectivity index (χ3v) is 12.6. The van der Waals surface area contributed by atoms with E-state index >= 15 is 0 Å². The van der Waals surface area contributed by atoms with E-state index < -0.39 is 96.2 Å². The molecule has 0 saturated heterocycles. The molecule has 0 fully saturated rings. The third kappa shape index (κ3) is 15.7. The predicted molar refractivity (Wildman–Crippen MR) is 311 cm³/mol. The summed E-state index contributed by atoms with van der Waals surface area (Å²) < 4.78 is 0. The molecule has 0 spiro atoms. The van der Waals surface area contributed by atoms with Crippen LogP contribution in [0.15, 0.2) is 140 Å². The number of carbonyl (C=O) groups is 6. The van der Waals surface area contributed by atoms with Crippen molar-refractivity contribution in [2.24, 2.45) is 28.7 Å². The number of guanidine groups is 4. The first-order valence-corrected chi connectivity index (χ1v) is 25.3.